The Hall–Kier alpha value is -1.02. The van der Waals surface area contributed by atoms with E-state index in [-0.39, 0.29) is 11.9 Å². The van der Waals surface area contributed by atoms with Gasteiger partial charge in [-0.1, -0.05) is 37.1 Å². The Bertz CT molecular complexity index is 433. The molecule has 1 aliphatic rings. The van der Waals surface area contributed by atoms with Gasteiger partial charge < -0.3 is 5.32 Å². The van der Waals surface area contributed by atoms with E-state index in [9.17, 15) is 4.79 Å². The van der Waals surface area contributed by atoms with Crippen molar-refractivity contribution in [3.8, 4) is 0 Å². The van der Waals surface area contributed by atoms with Crippen molar-refractivity contribution >= 4 is 17.5 Å². The van der Waals surface area contributed by atoms with Gasteiger partial charge in [-0.3, -0.25) is 4.79 Å². The van der Waals surface area contributed by atoms with Crippen molar-refractivity contribution in [1.82, 2.24) is 5.32 Å². The van der Waals surface area contributed by atoms with Crippen LogP contribution in [0.15, 0.2) is 24.3 Å². The molecule has 2 rings (SSSR count). The first-order valence-electron chi connectivity index (χ1n) is 7.10. The number of alkyl halides is 1. The highest BCUT2D eigenvalue weighted by Crippen LogP contribution is 2.25. The van der Waals surface area contributed by atoms with Crippen molar-refractivity contribution in [2.75, 3.05) is 5.88 Å². The Morgan fingerprint density at radius 2 is 2.05 bits per heavy atom. The van der Waals surface area contributed by atoms with Gasteiger partial charge in [0.1, 0.15) is 0 Å². The van der Waals surface area contributed by atoms with Crippen molar-refractivity contribution in [2.45, 2.75) is 45.1 Å². The monoisotopic (exact) mass is 279 g/mol. The average molecular weight is 280 g/mol. The van der Waals surface area contributed by atoms with Gasteiger partial charge in [0.2, 0.25) is 5.91 Å². The zero-order valence-corrected chi connectivity index (χ0v) is 12.2. The zero-order valence-electron chi connectivity index (χ0n) is 11.5. The number of carbonyl (C=O) groups excluding carboxylic acids is 1. The summed E-state index contributed by atoms with van der Waals surface area (Å²) in [4.78, 5) is 12.1. The van der Waals surface area contributed by atoms with Crippen LogP contribution in [0.1, 0.15) is 36.8 Å². The number of benzene rings is 1. The van der Waals surface area contributed by atoms with E-state index >= 15 is 0 Å². The predicted octanol–water partition coefficient (Wildman–Crippen LogP) is 3.45. The van der Waals surface area contributed by atoms with Crippen LogP contribution in [0.4, 0.5) is 0 Å². The second-order valence-electron chi connectivity index (χ2n) is 5.48. The minimum atomic E-state index is 0.122. The third-order valence-corrected chi connectivity index (χ3v) is 4.46. The molecule has 1 amide bonds. The number of hydrogen-bond donors (Lipinski definition) is 1. The average Bonchev–Trinajstić information content (AvgIpc) is 2.42. The Morgan fingerprint density at radius 1 is 1.32 bits per heavy atom. The molecule has 0 radical (unpaired) electrons. The van der Waals surface area contributed by atoms with E-state index in [2.05, 4.69) is 5.32 Å². The van der Waals surface area contributed by atoms with Crippen molar-refractivity contribution in [2.24, 2.45) is 5.92 Å². The van der Waals surface area contributed by atoms with Crippen molar-refractivity contribution in [3.05, 3.63) is 35.4 Å². The summed E-state index contributed by atoms with van der Waals surface area (Å²) in [6, 6.07) is 8.32. The molecule has 0 aliphatic heterocycles. The highest BCUT2D eigenvalue weighted by molar-refractivity contribution is 6.18. The van der Waals surface area contributed by atoms with Gasteiger partial charge in [0.05, 0.1) is 6.42 Å². The summed E-state index contributed by atoms with van der Waals surface area (Å²) in [5.74, 6) is 1.21. The highest BCUT2D eigenvalue weighted by atomic mass is 35.5. The summed E-state index contributed by atoms with van der Waals surface area (Å²) in [5.41, 5.74) is 2.29. The van der Waals surface area contributed by atoms with E-state index in [1.165, 1.54) is 18.4 Å². The fraction of sp³-hybridized carbons (Fsp3) is 0.562. The molecule has 0 spiro atoms. The maximum Gasteiger partial charge on any atom is 0.224 e. The van der Waals surface area contributed by atoms with Gasteiger partial charge in [0, 0.05) is 11.9 Å². The number of aryl methyl sites for hydroxylation is 1. The summed E-state index contributed by atoms with van der Waals surface area (Å²) >= 11 is 5.99. The molecule has 19 heavy (non-hydrogen) atoms. The molecule has 1 aromatic carbocycles. The standard InChI is InChI=1S/C16H22ClNO/c1-12-6-2-3-7-13(12)10-16(19)18-15-9-5-4-8-14(15)11-17/h2-3,6-7,14-15H,4-5,8-11H2,1H3,(H,18,19). The molecule has 1 aliphatic carbocycles. The van der Waals surface area contributed by atoms with Gasteiger partial charge in [-0.2, -0.15) is 0 Å². The minimum Gasteiger partial charge on any atom is -0.353 e. The number of hydrogen-bond acceptors (Lipinski definition) is 1. The molecular weight excluding hydrogens is 258 g/mol. The molecule has 1 N–H and O–H groups in total. The van der Waals surface area contributed by atoms with Gasteiger partial charge in [-0.15, -0.1) is 11.6 Å². The lowest BCUT2D eigenvalue weighted by Crippen LogP contribution is -2.43. The molecule has 104 valence electrons. The first-order chi connectivity index (χ1) is 9.20. The van der Waals surface area contributed by atoms with Crippen LogP contribution in [0.25, 0.3) is 0 Å². The molecule has 0 bridgehead atoms. The lowest BCUT2D eigenvalue weighted by atomic mass is 9.85. The molecular formula is C16H22ClNO. The molecule has 1 fully saturated rings. The van der Waals surface area contributed by atoms with Crippen LogP contribution in [0, 0.1) is 12.8 Å². The van der Waals surface area contributed by atoms with E-state index in [4.69, 9.17) is 11.6 Å². The van der Waals surface area contributed by atoms with Gasteiger partial charge in [-0.05, 0) is 36.8 Å². The molecule has 0 saturated heterocycles. The van der Waals surface area contributed by atoms with Gasteiger partial charge in [0.15, 0.2) is 0 Å². The lowest BCUT2D eigenvalue weighted by Gasteiger charge is -2.30. The summed E-state index contributed by atoms with van der Waals surface area (Å²) in [6.45, 7) is 2.05. The molecule has 0 heterocycles. The molecule has 2 unspecified atom stereocenters. The number of nitrogens with one attached hydrogen (secondary N) is 1. The van der Waals surface area contributed by atoms with E-state index < -0.39 is 0 Å². The third-order valence-electron chi connectivity index (χ3n) is 4.07. The molecule has 0 aromatic heterocycles. The van der Waals surface area contributed by atoms with Gasteiger partial charge in [0.25, 0.3) is 0 Å². The summed E-state index contributed by atoms with van der Waals surface area (Å²) in [7, 11) is 0. The number of rotatable bonds is 4. The maximum atomic E-state index is 12.1. The molecule has 2 atom stereocenters. The normalized spacial score (nSPS) is 23.1. The quantitative estimate of drug-likeness (QED) is 0.841. The van der Waals surface area contributed by atoms with Gasteiger partial charge in [-0.25, -0.2) is 0 Å². The summed E-state index contributed by atoms with van der Waals surface area (Å²) in [5, 5.41) is 3.17. The van der Waals surface area contributed by atoms with Crippen LogP contribution in [0.3, 0.4) is 0 Å². The van der Waals surface area contributed by atoms with Crippen LogP contribution < -0.4 is 5.32 Å². The predicted molar refractivity (Wildman–Crippen MR) is 79.5 cm³/mol. The lowest BCUT2D eigenvalue weighted by molar-refractivity contribution is -0.121. The highest BCUT2D eigenvalue weighted by Gasteiger charge is 2.25. The zero-order chi connectivity index (χ0) is 13.7. The summed E-state index contributed by atoms with van der Waals surface area (Å²) < 4.78 is 0. The molecule has 2 nitrogen and oxygen atoms in total. The van der Waals surface area contributed by atoms with Crippen LogP contribution in [0.5, 0.6) is 0 Å². The van der Waals surface area contributed by atoms with E-state index in [1.54, 1.807) is 0 Å². The second-order valence-corrected chi connectivity index (χ2v) is 5.78. The van der Waals surface area contributed by atoms with Gasteiger partial charge >= 0.3 is 0 Å². The van der Waals surface area contributed by atoms with E-state index in [0.29, 0.717) is 18.2 Å². The van der Waals surface area contributed by atoms with Crippen molar-refractivity contribution in [1.29, 1.82) is 0 Å². The molecule has 3 heteroatoms. The molecule has 1 aromatic rings. The van der Waals surface area contributed by atoms with Crippen LogP contribution in [-0.2, 0) is 11.2 Å². The Labute approximate surface area is 120 Å². The largest absolute Gasteiger partial charge is 0.353 e. The van der Waals surface area contributed by atoms with E-state index in [0.717, 1.165) is 18.4 Å². The first kappa shape index (κ1) is 14.4. The number of carbonyl (C=O) groups is 1. The fourth-order valence-corrected chi connectivity index (χ4v) is 3.19. The SMILES string of the molecule is Cc1ccccc1CC(=O)NC1CCCCC1CCl. The van der Waals surface area contributed by atoms with Crippen molar-refractivity contribution in [3.63, 3.8) is 0 Å². The second kappa shape index (κ2) is 6.95. The minimum absolute atomic E-state index is 0.122. The molecule has 1 saturated carbocycles. The topological polar surface area (TPSA) is 29.1 Å². The Kier molecular flexibility index (Phi) is 5.26. The van der Waals surface area contributed by atoms with Crippen molar-refractivity contribution < 1.29 is 4.79 Å². The Morgan fingerprint density at radius 3 is 2.79 bits per heavy atom. The van der Waals surface area contributed by atoms with Crippen LogP contribution >= 0.6 is 11.6 Å². The van der Waals surface area contributed by atoms with Crippen LogP contribution in [0.2, 0.25) is 0 Å². The first-order valence-corrected chi connectivity index (χ1v) is 7.64. The number of amides is 1. The fourth-order valence-electron chi connectivity index (χ4n) is 2.82. The third kappa shape index (κ3) is 3.97. The van der Waals surface area contributed by atoms with E-state index in [1.807, 2.05) is 31.2 Å². The Balaban J connectivity index is 1.92. The maximum absolute atomic E-state index is 12.1. The van der Waals surface area contributed by atoms with Crippen LogP contribution in [-0.4, -0.2) is 17.8 Å². The smallest absolute Gasteiger partial charge is 0.224 e. The summed E-state index contributed by atoms with van der Waals surface area (Å²) in [6.07, 6.45) is 5.11. The number of halogens is 1.